The zero-order chi connectivity index (χ0) is 21.2. The highest BCUT2D eigenvalue weighted by molar-refractivity contribution is 6.02. The Morgan fingerprint density at radius 1 is 1.12 bits per heavy atom. The van der Waals surface area contributed by atoms with Gasteiger partial charge in [0.05, 0.1) is 30.8 Å². The Morgan fingerprint density at radius 3 is 2.64 bits per heavy atom. The number of halogens is 3. The standard InChI is InChI=1S/C22H22FN5O3.2ClH/c23-16-11-14(2-4-19(16)31-13-20(29)28-7-9-30-10-8-28)22-26-17-3-1-15(12-18(17)27-22)21-24-5-6-25-21;;/h1-4,11-12H,5-10,13H2,(H,24,25)(H,26,27);2*1H. The average Bonchev–Trinajstić information content (AvgIpc) is 3.48. The number of carbonyl (C=O) groups excluding carboxylic acids is 1. The van der Waals surface area contributed by atoms with E-state index in [-0.39, 0.29) is 43.1 Å². The number of amidine groups is 1. The Morgan fingerprint density at radius 2 is 1.91 bits per heavy atom. The van der Waals surface area contributed by atoms with Gasteiger partial charge in [0, 0.05) is 30.8 Å². The molecule has 0 bridgehead atoms. The van der Waals surface area contributed by atoms with E-state index < -0.39 is 5.82 Å². The molecule has 2 N–H and O–H groups in total. The summed E-state index contributed by atoms with van der Waals surface area (Å²) in [7, 11) is 0. The Bertz CT molecular complexity index is 1160. The lowest BCUT2D eigenvalue weighted by Gasteiger charge is -2.26. The van der Waals surface area contributed by atoms with Gasteiger partial charge in [-0.15, -0.1) is 24.8 Å². The summed E-state index contributed by atoms with van der Waals surface area (Å²) in [4.78, 5) is 26.1. The number of rotatable bonds is 5. The van der Waals surface area contributed by atoms with Gasteiger partial charge in [0.15, 0.2) is 18.2 Å². The van der Waals surface area contributed by atoms with Crippen LogP contribution in [0.3, 0.4) is 0 Å². The second kappa shape index (κ2) is 10.8. The van der Waals surface area contributed by atoms with E-state index in [1.807, 2.05) is 18.2 Å². The van der Waals surface area contributed by atoms with Crippen LogP contribution in [0.5, 0.6) is 5.75 Å². The number of aromatic nitrogens is 2. The first-order valence-electron chi connectivity index (χ1n) is 10.2. The first kappa shape index (κ1) is 24.8. The number of ether oxygens (including phenoxy) is 2. The number of H-pyrrole nitrogens is 1. The number of nitrogens with zero attached hydrogens (tertiary/aromatic N) is 3. The Labute approximate surface area is 202 Å². The van der Waals surface area contributed by atoms with Crippen molar-refractivity contribution >= 4 is 47.6 Å². The van der Waals surface area contributed by atoms with Gasteiger partial charge in [-0.3, -0.25) is 9.79 Å². The number of fused-ring (bicyclic) bond motifs is 1. The first-order chi connectivity index (χ1) is 15.2. The summed E-state index contributed by atoms with van der Waals surface area (Å²) in [6.45, 7) is 3.49. The summed E-state index contributed by atoms with van der Waals surface area (Å²) < 4.78 is 25.3. The summed E-state index contributed by atoms with van der Waals surface area (Å²) in [5.74, 6) is 0.744. The van der Waals surface area contributed by atoms with Crippen molar-refractivity contribution in [1.29, 1.82) is 0 Å². The predicted octanol–water partition coefficient (Wildman–Crippen LogP) is 2.80. The van der Waals surface area contributed by atoms with Gasteiger partial charge < -0.3 is 24.7 Å². The monoisotopic (exact) mass is 495 g/mol. The maximum atomic E-state index is 14.6. The maximum Gasteiger partial charge on any atom is 0.260 e. The van der Waals surface area contributed by atoms with E-state index in [1.165, 1.54) is 12.1 Å². The van der Waals surface area contributed by atoms with Crippen molar-refractivity contribution in [3.05, 3.63) is 47.8 Å². The number of morpholine rings is 1. The summed E-state index contributed by atoms with van der Waals surface area (Å²) in [5.41, 5.74) is 3.22. The van der Waals surface area contributed by atoms with Crippen molar-refractivity contribution < 1.29 is 18.7 Å². The van der Waals surface area contributed by atoms with E-state index in [4.69, 9.17) is 9.47 Å². The highest BCUT2D eigenvalue weighted by atomic mass is 35.5. The van der Waals surface area contributed by atoms with Crippen molar-refractivity contribution in [1.82, 2.24) is 20.2 Å². The molecule has 0 saturated carbocycles. The van der Waals surface area contributed by atoms with Crippen LogP contribution in [0.1, 0.15) is 5.56 Å². The van der Waals surface area contributed by atoms with Gasteiger partial charge in [-0.25, -0.2) is 9.37 Å². The molecular formula is C22H24Cl2FN5O3. The van der Waals surface area contributed by atoms with Gasteiger partial charge in [0.25, 0.3) is 5.91 Å². The second-order valence-electron chi connectivity index (χ2n) is 7.40. The van der Waals surface area contributed by atoms with Gasteiger partial charge in [-0.05, 0) is 36.4 Å². The van der Waals surface area contributed by atoms with Crippen LogP contribution in [0.4, 0.5) is 4.39 Å². The number of benzene rings is 2. The minimum atomic E-state index is -0.544. The quantitative estimate of drug-likeness (QED) is 0.567. The molecule has 3 heterocycles. The van der Waals surface area contributed by atoms with Crippen molar-refractivity contribution in [2.75, 3.05) is 46.0 Å². The first-order valence-corrected chi connectivity index (χ1v) is 10.2. The zero-order valence-corrected chi connectivity index (χ0v) is 19.3. The molecule has 0 radical (unpaired) electrons. The minimum absolute atomic E-state index is 0. The number of imidazole rings is 1. The van der Waals surface area contributed by atoms with Gasteiger partial charge in [-0.2, -0.15) is 0 Å². The highest BCUT2D eigenvalue weighted by Crippen LogP contribution is 2.26. The summed E-state index contributed by atoms with van der Waals surface area (Å²) >= 11 is 0. The molecule has 2 aliphatic rings. The van der Waals surface area contributed by atoms with E-state index >= 15 is 0 Å². The summed E-state index contributed by atoms with van der Waals surface area (Å²) in [6.07, 6.45) is 0. The number of aliphatic imine (C=N–C) groups is 1. The normalized spacial score (nSPS) is 15.3. The summed E-state index contributed by atoms with van der Waals surface area (Å²) in [5, 5.41) is 3.25. The number of hydrogen-bond donors (Lipinski definition) is 2. The SMILES string of the molecule is Cl.Cl.O=C(COc1ccc(-c2nc3ccc(C4=NCCN4)cc3[nH]2)cc1F)N1CCOCC1. The van der Waals surface area contributed by atoms with Crippen LogP contribution in [0, 0.1) is 5.82 Å². The minimum Gasteiger partial charge on any atom is -0.481 e. The van der Waals surface area contributed by atoms with E-state index in [9.17, 15) is 9.18 Å². The Balaban J connectivity index is 0.00000153. The molecule has 8 nitrogen and oxygen atoms in total. The molecule has 176 valence electrons. The van der Waals surface area contributed by atoms with Crippen molar-refractivity contribution in [2.45, 2.75) is 0 Å². The molecule has 2 aromatic carbocycles. The highest BCUT2D eigenvalue weighted by Gasteiger charge is 2.18. The maximum absolute atomic E-state index is 14.6. The predicted molar refractivity (Wildman–Crippen MR) is 128 cm³/mol. The molecule has 0 atom stereocenters. The summed E-state index contributed by atoms with van der Waals surface area (Å²) in [6, 6.07) is 10.5. The zero-order valence-electron chi connectivity index (χ0n) is 17.7. The van der Waals surface area contributed by atoms with E-state index in [0.717, 1.165) is 35.5 Å². The molecule has 11 heteroatoms. The fourth-order valence-electron chi connectivity index (χ4n) is 3.69. The molecule has 0 unspecified atom stereocenters. The topological polar surface area (TPSA) is 91.8 Å². The lowest BCUT2D eigenvalue weighted by Crippen LogP contribution is -2.43. The third kappa shape index (κ3) is 5.38. The van der Waals surface area contributed by atoms with Crippen LogP contribution in [0.25, 0.3) is 22.4 Å². The lowest BCUT2D eigenvalue weighted by molar-refractivity contribution is -0.137. The van der Waals surface area contributed by atoms with Crippen molar-refractivity contribution in [3.63, 3.8) is 0 Å². The molecule has 1 fully saturated rings. The number of carbonyl (C=O) groups is 1. The molecule has 1 aromatic heterocycles. The molecule has 2 aliphatic heterocycles. The third-order valence-electron chi connectivity index (χ3n) is 5.35. The molecule has 0 aliphatic carbocycles. The molecule has 3 aromatic rings. The molecule has 5 rings (SSSR count). The van der Waals surface area contributed by atoms with Gasteiger partial charge in [-0.1, -0.05) is 0 Å². The Hall–Kier alpha value is -2.88. The van der Waals surface area contributed by atoms with Crippen molar-refractivity contribution in [2.24, 2.45) is 4.99 Å². The smallest absolute Gasteiger partial charge is 0.260 e. The van der Waals surface area contributed by atoms with E-state index in [1.54, 1.807) is 11.0 Å². The largest absolute Gasteiger partial charge is 0.481 e. The molecule has 33 heavy (non-hydrogen) atoms. The van der Waals surface area contributed by atoms with E-state index in [0.29, 0.717) is 37.7 Å². The van der Waals surface area contributed by atoms with Crippen molar-refractivity contribution in [3.8, 4) is 17.1 Å². The van der Waals surface area contributed by atoms with Crippen LogP contribution >= 0.6 is 24.8 Å². The fourth-order valence-corrected chi connectivity index (χ4v) is 3.69. The molecule has 1 saturated heterocycles. The molecule has 0 spiro atoms. The van der Waals surface area contributed by atoms with Crippen LogP contribution < -0.4 is 10.1 Å². The lowest BCUT2D eigenvalue weighted by atomic mass is 10.2. The molecular weight excluding hydrogens is 472 g/mol. The fraction of sp³-hybridized carbons (Fsp3) is 0.318. The van der Waals surface area contributed by atoms with Crippen LogP contribution in [-0.4, -0.2) is 72.6 Å². The van der Waals surface area contributed by atoms with Crippen LogP contribution in [0.2, 0.25) is 0 Å². The van der Waals surface area contributed by atoms with Crippen LogP contribution in [0.15, 0.2) is 41.4 Å². The van der Waals surface area contributed by atoms with E-state index in [2.05, 4.69) is 20.3 Å². The third-order valence-corrected chi connectivity index (χ3v) is 5.35. The second-order valence-corrected chi connectivity index (χ2v) is 7.40. The number of nitrogens with one attached hydrogen (secondary N) is 2. The Kier molecular flexibility index (Phi) is 8.12. The number of aromatic amines is 1. The average molecular weight is 496 g/mol. The number of amides is 1. The van der Waals surface area contributed by atoms with Gasteiger partial charge in [0.2, 0.25) is 0 Å². The van der Waals surface area contributed by atoms with Gasteiger partial charge in [0.1, 0.15) is 11.7 Å². The number of hydrogen-bond acceptors (Lipinski definition) is 6. The van der Waals surface area contributed by atoms with Gasteiger partial charge >= 0.3 is 0 Å². The van der Waals surface area contributed by atoms with Crippen LogP contribution in [-0.2, 0) is 9.53 Å². The molecule has 1 amide bonds.